The fraction of sp³-hybridized carbons (Fsp3) is 0.500. The molecule has 1 aliphatic heterocycles. The van der Waals surface area contributed by atoms with Gasteiger partial charge in [0.05, 0.1) is 18.8 Å². The summed E-state index contributed by atoms with van der Waals surface area (Å²) in [6.45, 7) is 5.76. The van der Waals surface area contributed by atoms with Gasteiger partial charge in [-0.25, -0.2) is 13.8 Å². The number of hydrogen-bond acceptors (Lipinski definition) is 9. The number of hydrogen-bond donors (Lipinski definition) is 2. The Balaban J connectivity index is 1.74. The zero-order valence-electron chi connectivity index (χ0n) is 19.9. The minimum absolute atomic E-state index is 0.000113. The van der Waals surface area contributed by atoms with Crippen LogP contribution in [-0.2, 0) is 23.4 Å². The molecule has 2 heterocycles. The minimum Gasteiger partial charge on any atom is -0.462 e. The fourth-order valence-corrected chi connectivity index (χ4v) is 5.01. The second kappa shape index (κ2) is 10.9. The molecule has 0 radical (unpaired) electrons. The number of esters is 1. The number of nitrogens with two attached hydrogens (primary N) is 1. The fourth-order valence-electron chi connectivity index (χ4n) is 3.49. The normalized spacial score (nSPS) is 24.6. The van der Waals surface area contributed by atoms with Crippen LogP contribution in [0, 0.1) is 0 Å². The van der Waals surface area contributed by atoms with E-state index < -0.39 is 43.4 Å². The molecule has 0 amide bonds. The van der Waals surface area contributed by atoms with Gasteiger partial charge < -0.3 is 19.7 Å². The molecule has 192 valence electrons. The number of ether oxygens (including phenoxy) is 2. The van der Waals surface area contributed by atoms with Crippen molar-refractivity contribution in [2.45, 2.75) is 64.3 Å². The predicted molar refractivity (Wildman–Crippen MR) is 125 cm³/mol. The Bertz CT molecular complexity index is 1130. The molecule has 0 saturated carbocycles. The Morgan fingerprint density at radius 1 is 1.34 bits per heavy atom. The van der Waals surface area contributed by atoms with Crippen LogP contribution in [0.25, 0.3) is 0 Å². The van der Waals surface area contributed by atoms with Gasteiger partial charge in [-0.05, 0) is 45.9 Å². The molecule has 2 aromatic rings. The number of benzene rings is 1. The first kappa shape index (κ1) is 26.8. The number of carbonyl (C=O) groups is 1. The molecule has 1 fully saturated rings. The second-order valence-corrected chi connectivity index (χ2v) is 10.4. The van der Waals surface area contributed by atoms with Gasteiger partial charge in [0.25, 0.3) is 0 Å². The van der Waals surface area contributed by atoms with E-state index in [-0.39, 0.29) is 30.7 Å². The molecule has 1 aliphatic rings. The van der Waals surface area contributed by atoms with Gasteiger partial charge in [-0.3, -0.25) is 13.9 Å². The maximum Gasteiger partial charge on any atom is 0.459 e. The maximum atomic E-state index is 15.3. The third kappa shape index (κ3) is 7.11. The van der Waals surface area contributed by atoms with Crippen molar-refractivity contribution in [3.05, 3.63) is 53.1 Å². The van der Waals surface area contributed by atoms with Gasteiger partial charge in [-0.1, -0.05) is 18.2 Å². The van der Waals surface area contributed by atoms with E-state index in [1.807, 2.05) is 0 Å². The highest BCUT2D eigenvalue weighted by Crippen LogP contribution is 2.47. The highest BCUT2D eigenvalue weighted by Gasteiger charge is 2.48. The van der Waals surface area contributed by atoms with E-state index in [0.717, 1.165) is 4.57 Å². The summed E-state index contributed by atoms with van der Waals surface area (Å²) in [5.41, 5.74) is 2.78. The Kier molecular flexibility index (Phi) is 8.32. The van der Waals surface area contributed by atoms with Crippen LogP contribution >= 0.6 is 7.75 Å². The van der Waals surface area contributed by atoms with E-state index >= 15 is 4.39 Å². The van der Waals surface area contributed by atoms with Gasteiger partial charge >= 0.3 is 19.4 Å². The largest absolute Gasteiger partial charge is 0.462 e. The van der Waals surface area contributed by atoms with Crippen LogP contribution in [0.1, 0.15) is 40.3 Å². The lowest BCUT2D eigenvalue weighted by molar-refractivity contribution is -0.149. The van der Waals surface area contributed by atoms with E-state index in [0.29, 0.717) is 0 Å². The summed E-state index contributed by atoms with van der Waals surface area (Å²) in [7, 11) is -4.15. The smallest absolute Gasteiger partial charge is 0.459 e. The molecule has 0 aliphatic carbocycles. The molecule has 3 rings (SSSR count). The Morgan fingerprint density at radius 2 is 2.03 bits per heavy atom. The molecule has 1 unspecified atom stereocenters. The molecular weight excluding hydrogens is 482 g/mol. The molecule has 1 aromatic heterocycles. The quantitative estimate of drug-likeness (QED) is 0.360. The molecule has 35 heavy (non-hydrogen) atoms. The summed E-state index contributed by atoms with van der Waals surface area (Å²) < 4.78 is 51.9. The zero-order chi connectivity index (χ0) is 25.8. The number of rotatable bonds is 10. The standard InChI is InChI=1S/C22H30FN4O7P/c1-14(2)32-19(28)15(3)26-35(30,34-16-8-6-5-7-9-16)31-13-17-12-22(4,23)20(33-17)27-11-10-18(24)25-21(27)29/h5-11,14-15,17,20H,12-13H2,1-4H3,(H,26,30)(H2,24,25,29)/t15-,17+,20-,22-,35?/m1/s1. The minimum atomic E-state index is -4.15. The van der Waals surface area contributed by atoms with Crippen LogP contribution in [0.3, 0.4) is 0 Å². The highest BCUT2D eigenvalue weighted by molar-refractivity contribution is 7.52. The number of aromatic nitrogens is 2. The van der Waals surface area contributed by atoms with E-state index in [9.17, 15) is 14.2 Å². The monoisotopic (exact) mass is 512 g/mol. The summed E-state index contributed by atoms with van der Waals surface area (Å²) in [5.74, 6) is -0.420. The number of nitrogens with zero attached hydrogens (tertiary/aromatic N) is 2. The molecule has 1 saturated heterocycles. The first-order valence-electron chi connectivity index (χ1n) is 11.0. The number of anilines is 1. The van der Waals surface area contributed by atoms with Crippen molar-refractivity contribution in [1.82, 2.24) is 14.6 Å². The summed E-state index contributed by atoms with van der Waals surface area (Å²) in [5, 5.41) is 2.56. The van der Waals surface area contributed by atoms with E-state index in [1.165, 1.54) is 26.1 Å². The van der Waals surface area contributed by atoms with Crippen molar-refractivity contribution in [2.24, 2.45) is 0 Å². The number of carbonyl (C=O) groups excluding carboxylic acids is 1. The molecular formula is C22H30FN4O7P. The van der Waals surface area contributed by atoms with Gasteiger partial charge in [0, 0.05) is 12.6 Å². The number of nitrogen functional groups attached to an aromatic ring is 1. The molecule has 0 spiro atoms. The third-order valence-electron chi connectivity index (χ3n) is 5.02. The molecule has 5 atom stereocenters. The Labute approximate surface area is 202 Å². The number of nitrogens with one attached hydrogen (secondary N) is 1. The van der Waals surface area contributed by atoms with Crippen LogP contribution in [0.15, 0.2) is 47.4 Å². The van der Waals surface area contributed by atoms with Crippen LogP contribution in [0.2, 0.25) is 0 Å². The van der Waals surface area contributed by atoms with Crippen molar-refractivity contribution in [3.63, 3.8) is 0 Å². The molecule has 0 bridgehead atoms. The molecule has 1 aromatic carbocycles. The van der Waals surface area contributed by atoms with Crippen molar-refractivity contribution >= 4 is 19.5 Å². The van der Waals surface area contributed by atoms with Crippen molar-refractivity contribution in [3.8, 4) is 5.75 Å². The lowest BCUT2D eigenvalue weighted by Gasteiger charge is -2.24. The van der Waals surface area contributed by atoms with Crippen molar-refractivity contribution in [1.29, 1.82) is 0 Å². The number of halogens is 1. The maximum absolute atomic E-state index is 15.3. The lowest BCUT2D eigenvalue weighted by Crippen LogP contribution is -2.36. The lowest BCUT2D eigenvalue weighted by atomic mass is 10.0. The van der Waals surface area contributed by atoms with Crippen LogP contribution in [0.5, 0.6) is 5.75 Å². The van der Waals surface area contributed by atoms with E-state index in [4.69, 9.17) is 24.3 Å². The summed E-state index contributed by atoms with van der Waals surface area (Å²) >= 11 is 0. The van der Waals surface area contributed by atoms with Crippen LogP contribution < -0.4 is 21.0 Å². The molecule has 13 heteroatoms. The topological polar surface area (TPSA) is 144 Å². The summed E-state index contributed by atoms with van der Waals surface area (Å²) in [6, 6.07) is 8.55. The van der Waals surface area contributed by atoms with E-state index in [2.05, 4.69) is 10.1 Å². The zero-order valence-corrected chi connectivity index (χ0v) is 20.8. The van der Waals surface area contributed by atoms with Gasteiger partial charge in [0.15, 0.2) is 11.9 Å². The third-order valence-corrected chi connectivity index (χ3v) is 6.67. The van der Waals surface area contributed by atoms with Crippen molar-refractivity contribution in [2.75, 3.05) is 12.3 Å². The first-order chi connectivity index (χ1) is 16.4. The van der Waals surface area contributed by atoms with Gasteiger partial charge in [0.2, 0.25) is 0 Å². The summed E-state index contributed by atoms with van der Waals surface area (Å²) in [4.78, 5) is 28.0. The SMILES string of the molecule is CC(C)OC(=O)[C@@H](C)NP(=O)(OC[C@@H]1C[C@@](C)(F)[C@H](n2ccc(N)nc2=O)O1)Oc1ccccc1. The summed E-state index contributed by atoms with van der Waals surface area (Å²) in [6.07, 6.45) is -1.42. The molecule has 3 N–H and O–H groups in total. The average Bonchev–Trinajstić information content (AvgIpc) is 3.06. The number of para-hydroxylation sites is 1. The second-order valence-electron chi connectivity index (χ2n) is 8.67. The molecule has 11 nitrogen and oxygen atoms in total. The van der Waals surface area contributed by atoms with Gasteiger partial charge in [-0.15, -0.1) is 0 Å². The highest BCUT2D eigenvalue weighted by atomic mass is 31.2. The van der Waals surface area contributed by atoms with Crippen molar-refractivity contribution < 1.29 is 32.3 Å². The predicted octanol–water partition coefficient (Wildman–Crippen LogP) is 2.97. The van der Waals surface area contributed by atoms with Gasteiger partial charge in [0.1, 0.15) is 17.6 Å². The Hall–Kier alpha value is -2.79. The number of alkyl halides is 1. The van der Waals surface area contributed by atoms with E-state index in [1.54, 1.807) is 44.2 Å². The van der Waals surface area contributed by atoms with Gasteiger partial charge in [-0.2, -0.15) is 10.1 Å². The first-order valence-corrected chi connectivity index (χ1v) is 12.6. The van der Waals surface area contributed by atoms with Crippen LogP contribution in [-0.4, -0.2) is 46.0 Å². The Morgan fingerprint density at radius 3 is 2.66 bits per heavy atom. The average molecular weight is 512 g/mol. The van der Waals surface area contributed by atoms with Crippen LogP contribution in [0.4, 0.5) is 10.2 Å².